The van der Waals surface area contributed by atoms with Crippen molar-refractivity contribution < 1.29 is 4.79 Å². The molecule has 0 unspecified atom stereocenters. The van der Waals surface area contributed by atoms with Crippen molar-refractivity contribution in [1.29, 1.82) is 0 Å². The maximum absolute atomic E-state index is 12.6. The lowest BCUT2D eigenvalue weighted by molar-refractivity contribution is 0.0955. The number of nitrogens with zero attached hydrogens (tertiary/aromatic N) is 2. The minimum Gasteiger partial charge on any atom is -0.372 e. The maximum Gasteiger partial charge on any atom is 0.261 e. The van der Waals surface area contributed by atoms with Crippen LogP contribution in [0.4, 0.5) is 5.69 Å². The molecule has 0 spiro atoms. The molecule has 2 aromatic heterocycles. The van der Waals surface area contributed by atoms with E-state index in [1.807, 2.05) is 6.07 Å². The average Bonchev–Trinajstić information content (AvgIpc) is 3.49. The topological polar surface area (TPSA) is 37.3 Å². The van der Waals surface area contributed by atoms with Gasteiger partial charge in [0.25, 0.3) is 5.91 Å². The normalized spacial score (nSPS) is 17.9. The van der Waals surface area contributed by atoms with Crippen LogP contribution < -0.4 is 10.2 Å². The summed E-state index contributed by atoms with van der Waals surface area (Å²) in [6, 6.07) is 11.3. The largest absolute Gasteiger partial charge is 0.372 e. The van der Waals surface area contributed by atoms with Gasteiger partial charge in [-0.05, 0) is 55.9 Å². The molecule has 4 nitrogen and oxygen atoms in total. The lowest BCUT2D eigenvalue weighted by Gasteiger charge is -2.28. The summed E-state index contributed by atoms with van der Waals surface area (Å²) in [4.78, 5) is 15.9. The molecule has 1 aliphatic heterocycles. The predicted octanol–water partition coefficient (Wildman–Crippen LogP) is 5.74. The van der Waals surface area contributed by atoms with Gasteiger partial charge in [0, 0.05) is 49.1 Å². The van der Waals surface area contributed by atoms with Gasteiger partial charge in [0.15, 0.2) is 0 Å². The van der Waals surface area contributed by atoms with E-state index >= 15 is 0 Å². The van der Waals surface area contributed by atoms with Gasteiger partial charge in [-0.2, -0.15) is 0 Å². The minimum absolute atomic E-state index is 0.0266. The molecule has 1 amide bonds. The van der Waals surface area contributed by atoms with Crippen LogP contribution in [0, 0.1) is 0 Å². The third kappa shape index (κ3) is 4.06. The summed E-state index contributed by atoms with van der Waals surface area (Å²) in [6.07, 6.45) is 13.6. The molecule has 1 saturated carbocycles. The molecule has 2 aliphatic rings. The summed E-state index contributed by atoms with van der Waals surface area (Å²) in [6.45, 7) is 2.89. The van der Waals surface area contributed by atoms with E-state index in [4.69, 9.17) is 0 Å². The minimum atomic E-state index is 0.0266. The van der Waals surface area contributed by atoms with Crippen LogP contribution in [0.15, 0.2) is 42.7 Å². The number of nitrogens with one attached hydrogen (secondary N) is 1. The fourth-order valence-corrected chi connectivity index (χ4v) is 5.72. The number of rotatable bonds is 5. The van der Waals surface area contributed by atoms with Gasteiger partial charge in [0.05, 0.1) is 9.58 Å². The SMILES string of the molecule is O=C(NCc1ccc(N2CCCCC2)cc1)c1cc2cn(C3CCCC3)cc2s1. The molecule has 3 aromatic rings. The Labute approximate surface area is 176 Å². The Balaban J connectivity index is 1.19. The van der Waals surface area contributed by atoms with Crippen LogP contribution in [0.1, 0.15) is 66.2 Å². The molecule has 5 rings (SSSR count). The number of amides is 1. The maximum atomic E-state index is 12.6. The molecule has 1 aromatic carbocycles. The molecule has 1 aliphatic carbocycles. The van der Waals surface area contributed by atoms with E-state index in [0.29, 0.717) is 12.6 Å². The van der Waals surface area contributed by atoms with E-state index in [1.54, 1.807) is 11.3 Å². The van der Waals surface area contributed by atoms with Crippen LogP contribution in [-0.2, 0) is 6.54 Å². The van der Waals surface area contributed by atoms with Crippen LogP contribution >= 0.6 is 11.3 Å². The number of carbonyl (C=O) groups excluding carboxylic acids is 1. The van der Waals surface area contributed by atoms with Crippen LogP contribution in [0.5, 0.6) is 0 Å². The Morgan fingerprint density at radius 2 is 1.76 bits per heavy atom. The number of thiophene rings is 1. The Morgan fingerprint density at radius 1 is 1.00 bits per heavy atom. The van der Waals surface area contributed by atoms with Crippen molar-refractivity contribution in [3.05, 3.63) is 53.2 Å². The first-order chi connectivity index (χ1) is 14.3. The molecule has 0 radical (unpaired) electrons. The van der Waals surface area contributed by atoms with Crippen LogP contribution in [0.25, 0.3) is 10.1 Å². The van der Waals surface area contributed by atoms with E-state index in [9.17, 15) is 4.79 Å². The predicted molar refractivity (Wildman–Crippen MR) is 121 cm³/mol. The monoisotopic (exact) mass is 407 g/mol. The highest BCUT2D eigenvalue weighted by atomic mass is 32.1. The second-order valence-corrected chi connectivity index (χ2v) is 9.55. The van der Waals surface area contributed by atoms with E-state index in [0.717, 1.165) is 23.5 Å². The summed E-state index contributed by atoms with van der Waals surface area (Å²) >= 11 is 1.60. The lowest BCUT2D eigenvalue weighted by atomic mass is 10.1. The molecule has 3 heterocycles. The highest BCUT2D eigenvalue weighted by Gasteiger charge is 2.18. The number of hydrogen-bond acceptors (Lipinski definition) is 3. The number of piperidine rings is 1. The van der Waals surface area contributed by atoms with Crippen LogP contribution in [-0.4, -0.2) is 23.6 Å². The molecule has 152 valence electrons. The number of anilines is 1. The fraction of sp³-hybridized carbons (Fsp3) is 0.458. The van der Waals surface area contributed by atoms with Gasteiger partial charge in [0.1, 0.15) is 0 Å². The van der Waals surface area contributed by atoms with Crippen molar-refractivity contribution >= 4 is 33.0 Å². The second-order valence-electron chi connectivity index (χ2n) is 8.47. The molecule has 1 N–H and O–H groups in total. The fourth-order valence-electron chi connectivity index (χ4n) is 4.73. The Morgan fingerprint density at radius 3 is 2.48 bits per heavy atom. The van der Waals surface area contributed by atoms with E-state index < -0.39 is 0 Å². The average molecular weight is 408 g/mol. The lowest BCUT2D eigenvalue weighted by Crippen LogP contribution is -2.29. The number of aromatic nitrogens is 1. The summed E-state index contributed by atoms with van der Waals surface area (Å²) in [5.41, 5.74) is 2.45. The third-order valence-corrected chi connectivity index (χ3v) is 7.51. The van der Waals surface area contributed by atoms with Crippen molar-refractivity contribution in [3.8, 4) is 0 Å². The zero-order chi connectivity index (χ0) is 19.6. The van der Waals surface area contributed by atoms with E-state index in [-0.39, 0.29) is 5.91 Å². The summed E-state index contributed by atoms with van der Waals surface area (Å²) in [5.74, 6) is 0.0266. The van der Waals surface area contributed by atoms with E-state index in [2.05, 4.69) is 51.4 Å². The molecular formula is C24H29N3OS. The standard InChI is InChI=1S/C24H29N3OS/c28-24(22-14-19-16-27(17-23(19)29-22)20-6-2-3-7-20)25-15-18-8-10-21(11-9-18)26-12-4-1-5-13-26/h8-11,14,16-17,20H,1-7,12-13,15H2,(H,25,28). The smallest absolute Gasteiger partial charge is 0.261 e. The second kappa shape index (κ2) is 8.23. The zero-order valence-electron chi connectivity index (χ0n) is 16.9. The molecule has 5 heteroatoms. The van der Waals surface area contributed by atoms with E-state index in [1.165, 1.54) is 60.7 Å². The summed E-state index contributed by atoms with van der Waals surface area (Å²) in [5, 5.41) is 4.28. The zero-order valence-corrected chi connectivity index (χ0v) is 17.7. The van der Waals surface area contributed by atoms with Crippen LogP contribution in [0.2, 0.25) is 0 Å². The molecule has 1 saturated heterocycles. The van der Waals surface area contributed by atoms with Gasteiger partial charge in [-0.1, -0.05) is 25.0 Å². The summed E-state index contributed by atoms with van der Waals surface area (Å²) in [7, 11) is 0. The Kier molecular flexibility index (Phi) is 5.32. The number of benzene rings is 1. The first kappa shape index (κ1) is 18.7. The van der Waals surface area contributed by atoms with Gasteiger partial charge in [-0.3, -0.25) is 4.79 Å². The van der Waals surface area contributed by atoms with Gasteiger partial charge < -0.3 is 14.8 Å². The molecular weight excluding hydrogens is 378 g/mol. The Hall–Kier alpha value is -2.27. The van der Waals surface area contributed by atoms with Crippen molar-refractivity contribution in [2.75, 3.05) is 18.0 Å². The molecule has 0 atom stereocenters. The van der Waals surface area contributed by atoms with Crippen molar-refractivity contribution in [1.82, 2.24) is 9.88 Å². The molecule has 0 bridgehead atoms. The van der Waals surface area contributed by atoms with Crippen molar-refractivity contribution in [2.45, 2.75) is 57.5 Å². The first-order valence-corrected chi connectivity index (χ1v) is 11.8. The third-order valence-electron chi connectivity index (χ3n) is 6.43. The molecule has 2 fully saturated rings. The van der Waals surface area contributed by atoms with Gasteiger partial charge in [-0.25, -0.2) is 0 Å². The van der Waals surface area contributed by atoms with Crippen molar-refractivity contribution in [2.24, 2.45) is 0 Å². The quantitative estimate of drug-likeness (QED) is 0.586. The number of hydrogen-bond donors (Lipinski definition) is 1. The first-order valence-electron chi connectivity index (χ1n) is 11.0. The number of carbonyl (C=O) groups is 1. The highest BCUT2D eigenvalue weighted by molar-refractivity contribution is 7.20. The van der Waals surface area contributed by atoms with Gasteiger partial charge in [0.2, 0.25) is 0 Å². The Bertz CT molecular complexity index is 944. The highest BCUT2D eigenvalue weighted by Crippen LogP contribution is 2.34. The van der Waals surface area contributed by atoms with Crippen molar-refractivity contribution in [3.63, 3.8) is 0 Å². The molecule has 29 heavy (non-hydrogen) atoms. The number of fused-ring (bicyclic) bond motifs is 1. The summed E-state index contributed by atoms with van der Waals surface area (Å²) < 4.78 is 3.58. The van der Waals surface area contributed by atoms with Gasteiger partial charge in [-0.15, -0.1) is 11.3 Å². The van der Waals surface area contributed by atoms with Crippen LogP contribution in [0.3, 0.4) is 0 Å². The van der Waals surface area contributed by atoms with Gasteiger partial charge >= 0.3 is 0 Å².